The van der Waals surface area contributed by atoms with E-state index < -0.39 is 5.92 Å². The summed E-state index contributed by atoms with van der Waals surface area (Å²) < 4.78 is 16.2. The van der Waals surface area contributed by atoms with Crippen molar-refractivity contribution in [1.82, 2.24) is 9.80 Å². The van der Waals surface area contributed by atoms with E-state index in [0.717, 1.165) is 21.6 Å². The van der Waals surface area contributed by atoms with Crippen molar-refractivity contribution < 1.29 is 23.8 Å². The van der Waals surface area contributed by atoms with E-state index in [1.165, 1.54) is 0 Å². The summed E-state index contributed by atoms with van der Waals surface area (Å²) in [6.07, 6.45) is 0.625. The second kappa shape index (κ2) is 15.7. The Morgan fingerprint density at radius 2 is 1.43 bits per heavy atom. The van der Waals surface area contributed by atoms with Crippen LogP contribution in [0, 0.1) is 0 Å². The number of hydrogen-bond acceptors (Lipinski definition) is 6. The number of carbonyl (C=O) groups excluding carboxylic acids is 2. The van der Waals surface area contributed by atoms with Gasteiger partial charge in [0, 0.05) is 25.1 Å². The molecule has 4 aromatic rings. The molecule has 0 spiro atoms. The molecule has 0 saturated heterocycles. The van der Waals surface area contributed by atoms with E-state index in [-0.39, 0.29) is 18.4 Å². The average molecular weight is 587 g/mol. The van der Waals surface area contributed by atoms with Gasteiger partial charge in [-0.05, 0) is 46.7 Å². The Bertz CT molecular complexity index is 1360. The molecular weight excluding hydrogens is 548 g/mol. The summed E-state index contributed by atoms with van der Waals surface area (Å²) in [5.41, 5.74) is 2.79. The van der Waals surface area contributed by atoms with Crippen LogP contribution in [-0.4, -0.2) is 69.2 Å². The molecule has 2 amide bonds. The molecular formula is C34H38N2O5S. The number of ether oxygens (including phenoxy) is 3. The lowest BCUT2D eigenvalue weighted by Gasteiger charge is -2.30. The Labute approximate surface area is 252 Å². The molecule has 220 valence electrons. The fraction of sp³-hybridized carbons (Fsp3) is 0.294. The van der Waals surface area contributed by atoms with E-state index in [2.05, 4.69) is 0 Å². The number of nitrogens with zero attached hydrogens (tertiary/aromatic N) is 2. The normalized spacial score (nSPS) is 10.9. The summed E-state index contributed by atoms with van der Waals surface area (Å²) in [4.78, 5) is 32.7. The van der Waals surface area contributed by atoms with Crippen LogP contribution in [0.1, 0.15) is 27.5 Å². The van der Waals surface area contributed by atoms with Gasteiger partial charge in [0.15, 0.2) is 11.5 Å². The van der Waals surface area contributed by atoms with Crippen LogP contribution < -0.4 is 9.47 Å². The van der Waals surface area contributed by atoms with E-state index >= 15 is 0 Å². The molecule has 4 rings (SSSR count). The largest absolute Gasteiger partial charge is 0.493 e. The van der Waals surface area contributed by atoms with Crippen LogP contribution in [0.25, 0.3) is 0 Å². The Kier molecular flexibility index (Phi) is 11.6. The predicted octanol–water partition coefficient (Wildman–Crippen LogP) is 5.64. The molecule has 0 aliphatic heterocycles. The zero-order valence-corrected chi connectivity index (χ0v) is 25.2. The molecule has 0 N–H and O–H groups in total. The highest BCUT2D eigenvalue weighted by molar-refractivity contribution is 7.09. The van der Waals surface area contributed by atoms with E-state index in [9.17, 15) is 9.59 Å². The van der Waals surface area contributed by atoms with Gasteiger partial charge in [0.25, 0.3) is 0 Å². The third kappa shape index (κ3) is 8.21. The maximum absolute atomic E-state index is 14.2. The molecule has 0 bridgehead atoms. The summed E-state index contributed by atoms with van der Waals surface area (Å²) in [5, 5.41) is 2.01. The van der Waals surface area contributed by atoms with Crippen LogP contribution in [0.5, 0.6) is 11.5 Å². The highest BCUT2D eigenvalue weighted by Gasteiger charge is 2.30. The van der Waals surface area contributed by atoms with Gasteiger partial charge in [-0.15, -0.1) is 11.3 Å². The first-order chi connectivity index (χ1) is 20.5. The maximum Gasteiger partial charge on any atom is 0.242 e. The van der Waals surface area contributed by atoms with Gasteiger partial charge < -0.3 is 24.0 Å². The number of rotatable bonds is 15. The monoisotopic (exact) mass is 586 g/mol. The number of hydrogen-bond donors (Lipinski definition) is 0. The molecule has 7 nitrogen and oxygen atoms in total. The van der Waals surface area contributed by atoms with E-state index in [0.29, 0.717) is 44.2 Å². The quantitative estimate of drug-likeness (QED) is 0.180. The number of methoxy groups -OCH3 is 3. The third-order valence-electron chi connectivity index (χ3n) is 7.11. The molecule has 3 aromatic carbocycles. The minimum atomic E-state index is -0.533. The van der Waals surface area contributed by atoms with E-state index in [1.807, 2.05) is 101 Å². The minimum Gasteiger partial charge on any atom is -0.493 e. The second-order valence-electron chi connectivity index (χ2n) is 9.84. The maximum atomic E-state index is 14.2. The second-order valence-corrected chi connectivity index (χ2v) is 10.9. The summed E-state index contributed by atoms with van der Waals surface area (Å²) >= 11 is 1.61. The van der Waals surface area contributed by atoms with Crippen molar-refractivity contribution in [1.29, 1.82) is 0 Å². The average Bonchev–Trinajstić information content (AvgIpc) is 3.55. The van der Waals surface area contributed by atoms with Crippen molar-refractivity contribution in [3.05, 3.63) is 118 Å². The Balaban J connectivity index is 1.57. The lowest BCUT2D eigenvalue weighted by atomic mass is 9.90. The van der Waals surface area contributed by atoms with Gasteiger partial charge in [-0.25, -0.2) is 0 Å². The molecule has 0 unspecified atom stereocenters. The van der Waals surface area contributed by atoms with Crippen molar-refractivity contribution in [2.24, 2.45) is 0 Å². The first-order valence-electron chi connectivity index (χ1n) is 13.9. The van der Waals surface area contributed by atoms with Gasteiger partial charge in [-0.2, -0.15) is 0 Å². The topological polar surface area (TPSA) is 68.3 Å². The molecule has 8 heteroatoms. The van der Waals surface area contributed by atoms with Crippen LogP contribution in [0.4, 0.5) is 0 Å². The van der Waals surface area contributed by atoms with Crippen LogP contribution in [-0.2, 0) is 27.3 Å². The van der Waals surface area contributed by atoms with Gasteiger partial charge in [0.1, 0.15) is 0 Å². The van der Waals surface area contributed by atoms with Crippen LogP contribution in [0.2, 0.25) is 0 Å². The third-order valence-corrected chi connectivity index (χ3v) is 7.97. The van der Waals surface area contributed by atoms with Crippen molar-refractivity contribution >= 4 is 23.2 Å². The predicted molar refractivity (Wildman–Crippen MR) is 166 cm³/mol. The Hall–Kier alpha value is -4.14. The van der Waals surface area contributed by atoms with Crippen LogP contribution >= 0.6 is 11.3 Å². The first-order valence-corrected chi connectivity index (χ1v) is 14.8. The molecule has 42 heavy (non-hydrogen) atoms. The van der Waals surface area contributed by atoms with Crippen molar-refractivity contribution in [3.8, 4) is 11.5 Å². The molecule has 1 aromatic heterocycles. The SMILES string of the molecule is COCCN(CC(=O)N(CCc1ccc(OC)c(OC)c1)Cc1cccs1)C(=O)C(c1ccccc1)c1ccccc1. The molecule has 0 saturated carbocycles. The molecule has 1 heterocycles. The molecule has 0 aliphatic carbocycles. The fourth-order valence-corrected chi connectivity index (χ4v) is 5.59. The zero-order chi connectivity index (χ0) is 29.7. The van der Waals surface area contributed by atoms with Crippen molar-refractivity contribution in [3.63, 3.8) is 0 Å². The number of amides is 2. The number of thiophene rings is 1. The molecule has 0 fully saturated rings. The van der Waals surface area contributed by atoms with Gasteiger partial charge in [-0.3, -0.25) is 9.59 Å². The lowest BCUT2D eigenvalue weighted by molar-refractivity contribution is -0.141. The molecule has 0 atom stereocenters. The first kappa shape index (κ1) is 30.8. The fourth-order valence-electron chi connectivity index (χ4n) is 4.87. The molecule has 0 aliphatic rings. The van der Waals surface area contributed by atoms with Gasteiger partial charge in [0.2, 0.25) is 11.8 Å². The number of carbonyl (C=O) groups is 2. The standard InChI is InChI=1S/C34H38N2O5S/c1-39-21-20-36(34(38)33(27-11-6-4-7-12-27)28-13-8-5-9-14-28)25-32(37)35(24-29-15-10-22-42-29)19-18-26-16-17-30(40-2)31(23-26)41-3/h4-17,22-23,33H,18-21,24-25H2,1-3H3. The smallest absolute Gasteiger partial charge is 0.242 e. The van der Waals surface area contributed by atoms with E-state index in [1.54, 1.807) is 37.6 Å². The molecule has 0 radical (unpaired) electrons. The summed E-state index contributed by atoms with van der Waals surface area (Å²) in [6, 6.07) is 29.2. The van der Waals surface area contributed by atoms with Crippen molar-refractivity contribution in [2.75, 3.05) is 47.6 Å². The van der Waals surface area contributed by atoms with Crippen molar-refractivity contribution in [2.45, 2.75) is 18.9 Å². The number of benzene rings is 3. The van der Waals surface area contributed by atoms with E-state index in [4.69, 9.17) is 14.2 Å². The highest BCUT2D eigenvalue weighted by Crippen LogP contribution is 2.29. The summed E-state index contributed by atoms with van der Waals surface area (Å²) in [6.45, 7) is 1.54. The lowest BCUT2D eigenvalue weighted by Crippen LogP contribution is -2.46. The Morgan fingerprint density at radius 1 is 0.762 bits per heavy atom. The summed E-state index contributed by atoms with van der Waals surface area (Å²) in [5.74, 6) is 0.526. The zero-order valence-electron chi connectivity index (χ0n) is 24.4. The van der Waals surface area contributed by atoms with Gasteiger partial charge >= 0.3 is 0 Å². The van der Waals surface area contributed by atoms with Crippen LogP contribution in [0.15, 0.2) is 96.4 Å². The van der Waals surface area contributed by atoms with Crippen LogP contribution in [0.3, 0.4) is 0 Å². The van der Waals surface area contributed by atoms with Gasteiger partial charge in [-0.1, -0.05) is 72.8 Å². The van der Waals surface area contributed by atoms with Gasteiger partial charge in [0.05, 0.1) is 39.8 Å². The Morgan fingerprint density at radius 3 is 2.00 bits per heavy atom. The summed E-state index contributed by atoms with van der Waals surface area (Å²) in [7, 11) is 4.82. The minimum absolute atomic E-state index is 0.0460. The highest BCUT2D eigenvalue weighted by atomic mass is 32.1.